The quantitative estimate of drug-likeness (QED) is 0.770. The lowest BCUT2D eigenvalue weighted by atomic mass is 10.2. The first kappa shape index (κ1) is 14.0. The van der Waals surface area contributed by atoms with Gasteiger partial charge in [-0.25, -0.2) is 0 Å². The van der Waals surface area contributed by atoms with Gasteiger partial charge in [-0.15, -0.1) is 0 Å². The molecule has 0 atom stereocenters. The zero-order valence-corrected chi connectivity index (χ0v) is 11.2. The molecule has 0 spiro atoms. The molecule has 2 heteroatoms. The Morgan fingerprint density at radius 2 is 1.12 bits per heavy atom. The van der Waals surface area contributed by atoms with Crippen molar-refractivity contribution in [2.45, 2.75) is 77.3 Å². The molecule has 0 aromatic carbocycles. The van der Waals surface area contributed by atoms with E-state index in [-0.39, 0.29) is 0 Å². The molecule has 96 valence electrons. The number of nitrogens with one attached hydrogen (secondary N) is 2. The Morgan fingerprint density at radius 1 is 0.750 bits per heavy atom. The second-order valence-corrected chi connectivity index (χ2v) is 5.09. The molecule has 2 N–H and O–H groups in total. The first-order chi connectivity index (χ1) is 7.86. The molecule has 16 heavy (non-hydrogen) atoms. The topological polar surface area (TPSA) is 24.1 Å². The summed E-state index contributed by atoms with van der Waals surface area (Å²) in [6, 6.07) is 1.77. The molecule has 2 rings (SSSR count). The predicted molar refractivity (Wildman–Crippen MR) is 71.9 cm³/mol. The fourth-order valence-electron chi connectivity index (χ4n) is 2.77. The van der Waals surface area contributed by atoms with Crippen molar-refractivity contribution >= 4 is 0 Å². The van der Waals surface area contributed by atoms with E-state index in [9.17, 15) is 0 Å². The van der Waals surface area contributed by atoms with E-state index in [1.165, 1.54) is 51.4 Å². The molecular formula is C14H30N2. The lowest BCUT2D eigenvalue weighted by Crippen LogP contribution is -2.34. The molecule has 0 aromatic rings. The van der Waals surface area contributed by atoms with Gasteiger partial charge in [-0.2, -0.15) is 0 Å². The standard InChI is InChI=1S/C10H19N.C4H11N/c1-2-6-9(5-1)11-10-7-3-4-8-10;1-3-5-4-2/h9-11H,1-8H2;5H,3-4H2,1-2H3. The van der Waals surface area contributed by atoms with Crippen molar-refractivity contribution in [2.75, 3.05) is 13.1 Å². The highest BCUT2D eigenvalue weighted by Gasteiger charge is 2.21. The minimum absolute atomic E-state index is 0.887. The van der Waals surface area contributed by atoms with Crippen molar-refractivity contribution in [2.24, 2.45) is 0 Å². The van der Waals surface area contributed by atoms with Gasteiger partial charge in [-0.05, 0) is 38.8 Å². The number of rotatable bonds is 4. The van der Waals surface area contributed by atoms with Crippen LogP contribution < -0.4 is 10.6 Å². The van der Waals surface area contributed by atoms with Crippen LogP contribution in [-0.2, 0) is 0 Å². The van der Waals surface area contributed by atoms with E-state index < -0.39 is 0 Å². The summed E-state index contributed by atoms with van der Waals surface area (Å²) in [5.74, 6) is 0. The lowest BCUT2D eigenvalue weighted by Gasteiger charge is -2.17. The molecule has 0 heterocycles. The normalized spacial score (nSPS) is 22.1. The molecule has 2 fully saturated rings. The lowest BCUT2D eigenvalue weighted by molar-refractivity contribution is 0.435. The van der Waals surface area contributed by atoms with Gasteiger partial charge in [-0.3, -0.25) is 0 Å². The molecule has 0 bridgehead atoms. The third-order valence-electron chi connectivity index (χ3n) is 3.68. The summed E-state index contributed by atoms with van der Waals surface area (Å²) < 4.78 is 0. The largest absolute Gasteiger partial charge is 0.317 e. The van der Waals surface area contributed by atoms with Crippen molar-refractivity contribution in [3.05, 3.63) is 0 Å². The molecule has 0 radical (unpaired) electrons. The van der Waals surface area contributed by atoms with Crippen LogP contribution in [0.2, 0.25) is 0 Å². The number of hydrogen-bond acceptors (Lipinski definition) is 2. The van der Waals surface area contributed by atoms with Crippen LogP contribution in [-0.4, -0.2) is 25.2 Å². The molecular weight excluding hydrogens is 196 g/mol. The van der Waals surface area contributed by atoms with E-state index in [4.69, 9.17) is 0 Å². The zero-order chi connectivity index (χ0) is 11.6. The van der Waals surface area contributed by atoms with Crippen LogP contribution in [0.4, 0.5) is 0 Å². The van der Waals surface area contributed by atoms with Crippen molar-refractivity contribution < 1.29 is 0 Å². The maximum Gasteiger partial charge on any atom is 0.00696 e. The second-order valence-electron chi connectivity index (χ2n) is 5.09. The molecule has 0 aromatic heterocycles. The fraction of sp³-hybridized carbons (Fsp3) is 1.00. The first-order valence-corrected chi connectivity index (χ1v) is 7.33. The molecule has 0 aliphatic heterocycles. The molecule has 2 nitrogen and oxygen atoms in total. The fourth-order valence-corrected chi connectivity index (χ4v) is 2.77. The Morgan fingerprint density at radius 3 is 1.38 bits per heavy atom. The van der Waals surface area contributed by atoms with E-state index in [0.717, 1.165) is 25.2 Å². The molecule has 0 amide bonds. The molecule has 0 unspecified atom stereocenters. The average molecular weight is 226 g/mol. The Hall–Kier alpha value is -0.0800. The molecule has 2 aliphatic carbocycles. The average Bonchev–Trinajstić information content (AvgIpc) is 2.94. The first-order valence-electron chi connectivity index (χ1n) is 7.33. The van der Waals surface area contributed by atoms with Gasteiger partial charge in [0.15, 0.2) is 0 Å². The Kier molecular flexibility index (Phi) is 7.87. The highest BCUT2D eigenvalue weighted by molar-refractivity contribution is 4.81. The van der Waals surface area contributed by atoms with Crippen molar-refractivity contribution in [3.63, 3.8) is 0 Å². The SMILES string of the molecule is C1CCC(NC2CCCC2)C1.CCNCC. The minimum Gasteiger partial charge on any atom is -0.317 e. The Balaban J connectivity index is 0.000000221. The minimum atomic E-state index is 0.887. The van der Waals surface area contributed by atoms with Crippen molar-refractivity contribution in [1.82, 2.24) is 10.6 Å². The summed E-state index contributed by atoms with van der Waals surface area (Å²) in [7, 11) is 0. The van der Waals surface area contributed by atoms with Crippen LogP contribution in [0, 0.1) is 0 Å². The maximum atomic E-state index is 3.78. The van der Waals surface area contributed by atoms with Gasteiger partial charge >= 0.3 is 0 Å². The molecule has 2 saturated carbocycles. The van der Waals surface area contributed by atoms with Crippen LogP contribution in [0.1, 0.15) is 65.2 Å². The second kappa shape index (κ2) is 9.00. The van der Waals surface area contributed by atoms with Crippen LogP contribution in [0.25, 0.3) is 0 Å². The number of hydrogen-bond donors (Lipinski definition) is 2. The van der Waals surface area contributed by atoms with Crippen LogP contribution in [0.15, 0.2) is 0 Å². The van der Waals surface area contributed by atoms with Crippen molar-refractivity contribution in [3.8, 4) is 0 Å². The van der Waals surface area contributed by atoms with E-state index in [1.54, 1.807) is 0 Å². The summed E-state index contributed by atoms with van der Waals surface area (Å²) in [4.78, 5) is 0. The van der Waals surface area contributed by atoms with Gasteiger partial charge in [0.05, 0.1) is 0 Å². The highest BCUT2D eigenvalue weighted by atomic mass is 15.0. The van der Waals surface area contributed by atoms with Crippen LogP contribution in [0.5, 0.6) is 0 Å². The van der Waals surface area contributed by atoms with Gasteiger partial charge in [0.1, 0.15) is 0 Å². The summed E-state index contributed by atoms with van der Waals surface area (Å²) in [6.07, 6.45) is 11.6. The summed E-state index contributed by atoms with van der Waals surface area (Å²) >= 11 is 0. The van der Waals surface area contributed by atoms with E-state index >= 15 is 0 Å². The summed E-state index contributed by atoms with van der Waals surface area (Å²) in [5, 5.41) is 6.89. The van der Waals surface area contributed by atoms with Crippen molar-refractivity contribution in [1.29, 1.82) is 0 Å². The predicted octanol–water partition coefficient (Wildman–Crippen LogP) is 3.08. The summed E-state index contributed by atoms with van der Waals surface area (Å²) in [5.41, 5.74) is 0. The Bertz CT molecular complexity index is 131. The van der Waals surface area contributed by atoms with Gasteiger partial charge in [-0.1, -0.05) is 39.5 Å². The van der Waals surface area contributed by atoms with Gasteiger partial charge in [0, 0.05) is 12.1 Å². The van der Waals surface area contributed by atoms with E-state index in [0.29, 0.717) is 0 Å². The third kappa shape index (κ3) is 5.86. The van der Waals surface area contributed by atoms with Crippen LogP contribution in [0.3, 0.4) is 0 Å². The molecule has 2 aliphatic rings. The maximum absolute atomic E-state index is 3.78. The van der Waals surface area contributed by atoms with E-state index in [1.807, 2.05) is 0 Å². The molecule has 0 saturated heterocycles. The Labute approximate surface area is 102 Å². The van der Waals surface area contributed by atoms with Gasteiger partial charge in [0.25, 0.3) is 0 Å². The van der Waals surface area contributed by atoms with Gasteiger partial charge in [0.2, 0.25) is 0 Å². The monoisotopic (exact) mass is 226 g/mol. The van der Waals surface area contributed by atoms with Crippen LogP contribution >= 0.6 is 0 Å². The smallest absolute Gasteiger partial charge is 0.00696 e. The zero-order valence-electron chi connectivity index (χ0n) is 11.2. The highest BCUT2D eigenvalue weighted by Crippen LogP contribution is 2.23. The van der Waals surface area contributed by atoms with Gasteiger partial charge < -0.3 is 10.6 Å². The summed E-state index contributed by atoms with van der Waals surface area (Å²) in [6.45, 7) is 6.39. The third-order valence-corrected chi connectivity index (χ3v) is 3.68. The van der Waals surface area contributed by atoms with E-state index in [2.05, 4.69) is 24.5 Å².